The Bertz CT molecular complexity index is 1100. The Morgan fingerprint density at radius 2 is 1.74 bits per heavy atom. The SMILES string of the molecule is CCOC(=O)c1ccc(C)c(NC(=O)c2ccc(Cl)c(S(=O)(=O)N3CCCCC3)c2)c1. The summed E-state index contributed by atoms with van der Waals surface area (Å²) in [5.41, 5.74) is 1.65. The van der Waals surface area contributed by atoms with E-state index in [0.717, 1.165) is 24.8 Å². The smallest absolute Gasteiger partial charge is 0.338 e. The molecule has 1 aliphatic rings. The molecular formula is C22H25ClN2O5S. The minimum atomic E-state index is -3.79. The number of aryl methyl sites for hydroxylation is 1. The van der Waals surface area contributed by atoms with Gasteiger partial charge in [-0.2, -0.15) is 4.31 Å². The van der Waals surface area contributed by atoms with Crippen LogP contribution in [0, 0.1) is 6.92 Å². The number of nitrogens with zero attached hydrogens (tertiary/aromatic N) is 1. The highest BCUT2D eigenvalue weighted by atomic mass is 35.5. The first-order chi connectivity index (χ1) is 14.7. The van der Waals surface area contributed by atoms with Crippen LogP contribution >= 0.6 is 11.6 Å². The maximum atomic E-state index is 13.0. The number of amides is 1. The predicted molar refractivity (Wildman–Crippen MR) is 119 cm³/mol. The maximum absolute atomic E-state index is 13.0. The van der Waals surface area contributed by atoms with Gasteiger partial charge in [0, 0.05) is 24.3 Å². The molecule has 1 N–H and O–H groups in total. The lowest BCUT2D eigenvalue weighted by Crippen LogP contribution is -2.35. The average molecular weight is 465 g/mol. The lowest BCUT2D eigenvalue weighted by molar-refractivity contribution is 0.0526. The number of piperidine rings is 1. The molecule has 1 saturated heterocycles. The number of carbonyl (C=O) groups is 2. The fourth-order valence-electron chi connectivity index (χ4n) is 3.38. The number of ether oxygens (including phenoxy) is 1. The summed E-state index contributed by atoms with van der Waals surface area (Å²) in [5, 5.41) is 2.82. The topological polar surface area (TPSA) is 92.8 Å². The second kappa shape index (κ2) is 9.80. The fourth-order valence-corrected chi connectivity index (χ4v) is 5.40. The number of halogens is 1. The first kappa shape index (κ1) is 23.2. The number of rotatable bonds is 6. The van der Waals surface area contributed by atoms with Crippen LogP contribution in [0.2, 0.25) is 5.02 Å². The van der Waals surface area contributed by atoms with Crippen LogP contribution in [0.25, 0.3) is 0 Å². The molecule has 1 heterocycles. The molecule has 1 fully saturated rings. The molecule has 0 atom stereocenters. The second-order valence-corrected chi connectivity index (χ2v) is 9.63. The van der Waals surface area contributed by atoms with Crippen LogP contribution in [0.4, 0.5) is 5.69 Å². The molecule has 0 saturated carbocycles. The zero-order valence-electron chi connectivity index (χ0n) is 17.5. The molecule has 7 nitrogen and oxygen atoms in total. The zero-order valence-corrected chi connectivity index (χ0v) is 19.1. The molecule has 2 aromatic rings. The predicted octanol–water partition coefficient (Wildman–Crippen LogP) is 4.25. The van der Waals surface area contributed by atoms with Crippen molar-refractivity contribution in [3.8, 4) is 0 Å². The van der Waals surface area contributed by atoms with Gasteiger partial charge in [0.2, 0.25) is 10.0 Å². The van der Waals surface area contributed by atoms with E-state index in [-0.39, 0.29) is 22.1 Å². The number of carbonyl (C=O) groups excluding carboxylic acids is 2. The maximum Gasteiger partial charge on any atom is 0.338 e. The van der Waals surface area contributed by atoms with Crippen molar-refractivity contribution in [2.45, 2.75) is 38.0 Å². The third-order valence-electron chi connectivity index (χ3n) is 5.12. The van der Waals surface area contributed by atoms with Crippen molar-refractivity contribution in [2.24, 2.45) is 0 Å². The highest BCUT2D eigenvalue weighted by Crippen LogP contribution is 2.28. The summed E-state index contributed by atoms with van der Waals surface area (Å²) in [5.74, 6) is -0.990. The number of benzene rings is 2. The number of nitrogens with one attached hydrogen (secondary N) is 1. The molecule has 0 aliphatic carbocycles. The number of anilines is 1. The molecule has 2 aromatic carbocycles. The molecule has 31 heavy (non-hydrogen) atoms. The quantitative estimate of drug-likeness (QED) is 0.645. The summed E-state index contributed by atoms with van der Waals surface area (Å²) in [6.07, 6.45) is 2.59. The van der Waals surface area contributed by atoms with Crippen molar-refractivity contribution in [3.63, 3.8) is 0 Å². The first-order valence-corrected chi connectivity index (χ1v) is 11.9. The van der Waals surface area contributed by atoms with Crippen molar-refractivity contribution in [1.82, 2.24) is 4.31 Å². The summed E-state index contributed by atoms with van der Waals surface area (Å²) in [4.78, 5) is 24.8. The summed E-state index contributed by atoms with van der Waals surface area (Å²) in [7, 11) is -3.79. The van der Waals surface area contributed by atoms with Crippen molar-refractivity contribution in [2.75, 3.05) is 25.0 Å². The van der Waals surface area contributed by atoms with E-state index in [2.05, 4.69) is 5.32 Å². The van der Waals surface area contributed by atoms with Gasteiger partial charge < -0.3 is 10.1 Å². The van der Waals surface area contributed by atoms with Crippen LogP contribution in [-0.4, -0.2) is 44.3 Å². The zero-order chi connectivity index (χ0) is 22.6. The normalized spacial score (nSPS) is 14.8. The fraction of sp³-hybridized carbons (Fsp3) is 0.364. The van der Waals surface area contributed by atoms with E-state index in [4.69, 9.17) is 16.3 Å². The van der Waals surface area contributed by atoms with E-state index in [1.54, 1.807) is 26.0 Å². The van der Waals surface area contributed by atoms with Crippen LogP contribution in [0.15, 0.2) is 41.3 Å². The van der Waals surface area contributed by atoms with Crippen LogP contribution in [-0.2, 0) is 14.8 Å². The molecule has 0 bridgehead atoms. The highest BCUT2D eigenvalue weighted by Gasteiger charge is 2.29. The molecular weight excluding hydrogens is 440 g/mol. The van der Waals surface area contributed by atoms with Crippen molar-refractivity contribution < 1.29 is 22.7 Å². The number of esters is 1. The summed E-state index contributed by atoms with van der Waals surface area (Å²) < 4.78 is 32.5. The lowest BCUT2D eigenvalue weighted by atomic mass is 10.1. The summed E-state index contributed by atoms with van der Waals surface area (Å²) >= 11 is 6.19. The van der Waals surface area contributed by atoms with Gasteiger partial charge in [0.15, 0.2) is 0 Å². The largest absolute Gasteiger partial charge is 0.462 e. The van der Waals surface area contributed by atoms with Crippen molar-refractivity contribution in [1.29, 1.82) is 0 Å². The highest BCUT2D eigenvalue weighted by molar-refractivity contribution is 7.89. The Kier molecular flexibility index (Phi) is 7.35. The van der Waals surface area contributed by atoms with Gasteiger partial charge in [-0.25, -0.2) is 13.2 Å². The van der Waals surface area contributed by atoms with Gasteiger partial charge >= 0.3 is 5.97 Å². The van der Waals surface area contributed by atoms with Gasteiger partial charge in [-0.1, -0.05) is 24.1 Å². The van der Waals surface area contributed by atoms with Gasteiger partial charge in [0.25, 0.3) is 5.91 Å². The lowest BCUT2D eigenvalue weighted by Gasteiger charge is -2.26. The van der Waals surface area contributed by atoms with Crippen LogP contribution in [0.5, 0.6) is 0 Å². The first-order valence-electron chi connectivity index (χ1n) is 10.1. The van der Waals surface area contributed by atoms with E-state index in [1.807, 2.05) is 0 Å². The Morgan fingerprint density at radius 3 is 2.42 bits per heavy atom. The molecule has 0 aromatic heterocycles. The minimum Gasteiger partial charge on any atom is -0.462 e. The van der Waals surface area contributed by atoms with Crippen LogP contribution < -0.4 is 5.32 Å². The minimum absolute atomic E-state index is 0.0719. The Balaban J connectivity index is 1.87. The second-order valence-electron chi connectivity index (χ2n) is 7.31. The molecule has 1 amide bonds. The monoisotopic (exact) mass is 464 g/mol. The van der Waals surface area contributed by atoms with Gasteiger partial charge in [0.05, 0.1) is 17.2 Å². The van der Waals surface area contributed by atoms with Crippen LogP contribution in [0.1, 0.15) is 52.5 Å². The van der Waals surface area contributed by atoms with E-state index < -0.39 is 21.9 Å². The van der Waals surface area contributed by atoms with Crippen molar-refractivity contribution in [3.05, 3.63) is 58.1 Å². The molecule has 3 rings (SSSR count). The van der Waals surface area contributed by atoms with Gasteiger partial charge in [-0.15, -0.1) is 0 Å². The third kappa shape index (κ3) is 5.26. The van der Waals surface area contributed by atoms with Gasteiger partial charge in [-0.3, -0.25) is 4.79 Å². The third-order valence-corrected chi connectivity index (χ3v) is 7.50. The van der Waals surface area contributed by atoms with E-state index >= 15 is 0 Å². The van der Waals surface area contributed by atoms with Gasteiger partial charge in [-0.05, 0) is 62.6 Å². The molecule has 9 heteroatoms. The number of hydrogen-bond donors (Lipinski definition) is 1. The van der Waals surface area contributed by atoms with E-state index in [1.165, 1.54) is 28.6 Å². The number of hydrogen-bond acceptors (Lipinski definition) is 5. The molecule has 0 spiro atoms. The van der Waals surface area contributed by atoms with Crippen LogP contribution in [0.3, 0.4) is 0 Å². The molecule has 0 unspecified atom stereocenters. The molecule has 1 aliphatic heterocycles. The average Bonchev–Trinajstić information content (AvgIpc) is 2.76. The van der Waals surface area contributed by atoms with Gasteiger partial charge in [0.1, 0.15) is 4.90 Å². The van der Waals surface area contributed by atoms with Crippen molar-refractivity contribution >= 4 is 39.2 Å². The Labute approximate surface area is 187 Å². The standard InChI is InChI=1S/C22H25ClN2O5S/c1-3-30-22(27)17-8-7-15(2)19(13-17)24-21(26)16-9-10-18(23)20(14-16)31(28,29)25-11-5-4-6-12-25/h7-10,13-14H,3-6,11-12H2,1-2H3,(H,24,26). The summed E-state index contributed by atoms with van der Waals surface area (Å²) in [6, 6.07) is 9.04. The molecule has 0 radical (unpaired) electrons. The Morgan fingerprint density at radius 1 is 1.06 bits per heavy atom. The Hall–Kier alpha value is -2.42. The molecule has 166 valence electrons. The van der Waals surface area contributed by atoms with E-state index in [9.17, 15) is 18.0 Å². The van der Waals surface area contributed by atoms with E-state index in [0.29, 0.717) is 24.3 Å². The summed E-state index contributed by atoms with van der Waals surface area (Å²) in [6.45, 7) is 4.63. The number of sulfonamides is 1.